The Bertz CT molecular complexity index is 342. The van der Waals surface area contributed by atoms with Crippen molar-refractivity contribution in [2.24, 2.45) is 0 Å². The third-order valence-electron chi connectivity index (χ3n) is 2.69. The fourth-order valence-corrected chi connectivity index (χ4v) is 3.54. The highest BCUT2D eigenvalue weighted by Crippen LogP contribution is 2.16. The van der Waals surface area contributed by atoms with Crippen LogP contribution in [0.1, 0.15) is 32.6 Å². The molecule has 6 heteroatoms. The molecule has 0 spiro atoms. The van der Waals surface area contributed by atoms with Crippen molar-refractivity contribution in [1.82, 2.24) is 8.61 Å². The SMILES string of the molecule is CCCN(CC#N)S(=O)(=O)N1CCCCC1. The van der Waals surface area contributed by atoms with E-state index in [0.29, 0.717) is 19.6 Å². The largest absolute Gasteiger partial charge is 0.282 e. The number of nitriles is 1. The molecule has 92 valence electrons. The summed E-state index contributed by atoms with van der Waals surface area (Å²) in [5.74, 6) is 0. The zero-order chi connectivity index (χ0) is 12.0. The second kappa shape index (κ2) is 6.18. The lowest BCUT2D eigenvalue weighted by Gasteiger charge is -2.30. The van der Waals surface area contributed by atoms with Crippen molar-refractivity contribution >= 4 is 10.2 Å². The average Bonchev–Trinajstić information content (AvgIpc) is 2.30. The van der Waals surface area contributed by atoms with Crippen LogP contribution in [-0.4, -0.2) is 43.2 Å². The summed E-state index contributed by atoms with van der Waals surface area (Å²) >= 11 is 0. The normalized spacial score (nSPS) is 18.6. The Balaban J connectivity index is 2.75. The molecule has 0 saturated carbocycles. The first-order valence-electron chi connectivity index (χ1n) is 5.75. The number of piperidine rings is 1. The second-order valence-electron chi connectivity index (χ2n) is 3.96. The van der Waals surface area contributed by atoms with E-state index < -0.39 is 10.2 Å². The van der Waals surface area contributed by atoms with Gasteiger partial charge in [0.25, 0.3) is 10.2 Å². The van der Waals surface area contributed by atoms with E-state index in [4.69, 9.17) is 5.26 Å². The molecule has 0 aromatic carbocycles. The van der Waals surface area contributed by atoms with E-state index in [1.807, 2.05) is 13.0 Å². The molecule has 0 amide bonds. The summed E-state index contributed by atoms with van der Waals surface area (Å²) in [4.78, 5) is 0. The molecule has 1 rings (SSSR count). The minimum atomic E-state index is -3.40. The molecule has 0 N–H and O–H groups in total. The van der Waals surface area contributed by atoms with Crippen molar-refractivity contribution in [3.8, 4) is 6.07 Å². The van der Waals surface area contributed by atoms with Gasteiger partial charge in [0.1, 0.15) is 6.54 Å². The van der Waals surface area contributed by atoms with Gasteiger partial charge in [0.2, 0.25) is 0 Å². The van der Waals surface area contributed by atoms with Gasteiger partial charge in [-0.25, -0.2) is 0 Å². The first-order chi connectivity index (χ1) is 7.62. The quantitative estimate of drug-likeness (QED) is 0.677. The van der Waals surface area contributed by atoms with E-state index in [1.54, 1.807) is 0 Å². The molecule has 16 heavy (non-hydrogen) atoms. The molecule has 1 fully saturated rings. The van der Waals surface area contributed by atoms with E-state index in [0.717, 1.165) is 25.7 Å². The minimum Gasteiger partial charge on any atom is -0.197 e. The van der Waals surface area contributed by atoms with Crippen LogP contribution in [0.3, 0.4) is 0 Å². The van der Waals surface area contributed by atoms with Crippen LogP contribution < -0.4 is 0 Å². The maximum atomic E-state index is 12.2. The Kier molecular flexibility index (Phi) is 5.19. The van der Waals surface area contributed by atoms with Crippen LogP contribution >= 0.6 is 0 Å². The van der Waals surface area contributed by atoms with Crippen LogP contribution in [0.2, 0.25) is 0 Å². The van der Waals surface area contributed by atoms with Crippen molar-refractivity contribution in [1.29, 1.82) is 5.26 Å². The highest BCUT2D eigenvalue weighted by molar-refractivity contribution is 7.86. The molecular weight excluding hydrogens is 226 g/mol. The lowest BCUT2D eigenvalue weighted by molar-refractivity contribution is 0.310. The van der Waals surface area contributed by atoms with Crippen molar-refractivity contribution in [3.05, 3.63) is 0 Å². The maximum absolute atomic E-state index is 12.2. The van der Waals surface area contributed by atoms with Crippen molar-refractivity contribution < 1.29 is 8.42 Å². The molecule has 1 aliphatic rings. The Hall–Kier alpha value is -0.640. The van der Waals surface area contributed by atoms with Gasteiger partial charge >= 0.3 is 0 Å². The van der Waals surface area contributed by atoms with Crippen molar-refractivity contribution in [3.63, 3.8) is 0 Å². The molecule has 0 atom stereocenters. The Morgan fingerprint density at radius 2 is 1.94 bits per heavy atom. The van der Waals surface area contributed by atoms with Gasteiger partial charge in [-0.3, -0.25) is 0 Å². The summed E-state index contributed by atoms with van der Waals surface area (Å²) in [6.45, 7) is 3.47. The summed E-state index contributed by atoms with van der Waals surface area (Å²) in [6, 6.07) is 1.92. The molecule has 1 heterocycles. The Labute approximate surface area is 97.8 Å². The summed E-state index contributed by atoms with van der Waals surface area (Å²) in [7, 11) is -3.40. The molecule has 0 bridgehead atoms. The van der Waals surface area contributed by atoms with Crippen LogP contribution in [0.5, 0.6) is 0 Å². The van der Waals surface area contributed by atoms with Gasteiger partial charge in [0.05, 0.1) is 6.07 Å². The Morgan fingerprint density at radius 1 is 1.31 bits per heavy atom. The number of hydrogen-bond donors (Lipinski definition) is 0. The molecule has 0 aromatic rings. The fraction of sp³-hybridized carbons (Fsp3) is 0.900. The summed E-state index contributed by atoms with van der Waals surface area (Å²) in [6.07, 6.45) is 3.67. The minimum absolute atomic E-state index is 0.0489. The number of nitrogens with zero attached hydrogens (tertiary/aromatic N) is 3. The monoisotopic (exact) mass is 245 g/mol. The number of hydrogen-bond acceptors (Lipinski definition) is 3. The molecule has 0 aliphatic carbocycles. The average molecular weight is 245 g/mol. The van der Waals surface area contributed by atoms with Crippen LogP contribution in [-0.2, 0) is 10.2 Å². The van der Waals surface area contributed by atoms with E-state index >= 15 is 0 Å². The first kappa shape index (κ1) is 13.4. The third kappa shape index (κ3) is 3.17. The zero-order valence-electron chi connectivity index (χ0n) is 9.72. The predicted molar refractivity (Wildman–Crippen MR) is 61.8 cm³/mol. The Morgan fingerprint density at radius 3 is 2.44 bits per heavy atom. The summed E-state index contributed by atoms with van der Waals surface area (Å²) in [5, 5.41) is 8.65. The second-order valence-corrected chi connectivity index (χ2v) is 5.89. The highest BCUT2D eigenvalue weighted by Gasteiger charge is 2.29. The fourth-order valence-electron chi connectivity index (χ4n) is 1.86. The summed E-state index contributed by atoms with van der Waals surface area (Å²) < 4.78 is 27.1. The van der Waals surface area contributed by atoms with Gasteiger partial charge in [-0.1, -0.05) is 13.3 Å². The molecule has 0 radical (unpaired) electrons. The standard InChI is InChI=1S/C10H19N3O2S/c1-2-7-12(10-6-11)16(14,15)13-8-4-3-5-9-13/h2-5,7-10H2,1H3. The van der Waals surface area contributed by atoms with Gasteiger partial charge in [-0.2, -0.15) is 22.3 Å². The molecule has 1 saturated heterocycles. The molecule has 5 nitrogen and oxygen atoms in total. The van der Waals surface area contributed by atoms with Gasteiger partial charge in [0, 0.05) is 19.6 Å². The zero-order valence-corrected chi connectivity index (χ0v) is 10.5. The van der Waals surface area contributed by atoms with Gasteiger partial charge in [-0.05, 0) is 19.3 Å². The summed E-state index contributed by atoms with van der Waals surface area (Å²) in [5.41, 5.74) is 0. The lowest BCUT2D eigenvalue weighted by atomic mass is 10.2. The molecule has 0 aromatic heterocycles. The molecular formula is C10H19N3O2S. The molecule has 1 aliphatic heterocycles. The van der Waals surface area contributed by atoms with Crippen LogP contribution in [0.15, 0.2) is 0 Å². The van der Waals surface area contributed by atoms with E-state index in [-0.39, 0.29) is 6.54 Å². The predicted octanol–water partition coefficient (Wildman–Crippen LogP) is 0.953. The maximum Gasteiger partial charge on any atom is 0.282 e. The first-order valence-corrected chi connectivity index (χ1v) is 7.14. The van der Waals surface area contributed by atoms with Gasteiger partial charge in [-0.15, -0.1) is 0 Å². The van der Waals surface area contributed by atoms with E-state index in [9.17, 15) is 8.42 Å². The van der Waals surface area contributed by atoms with Crippen molar-refractivity contribution in [2.45, 2.75) is 32.6 Å². The highest BCUT2D eigenvalue weighted by atomic mass is 32.2. The van der Waals surface area contributed by atoms with Gasteiger partial charge in [0.15, 0.2) is 0 Å². The van der Waals surface area contributed by atoms with Crippen LogP contribution in [0.25, 0.3) is 0 Å². The number of rotatable bonds is 5. The van der Waals surface area contributed by atoms with Crippen LogP contribution in [0.4, 0.5) is 0 Å². The van der Waals surface area contributed by atoms with E-state index in [1.165, 1.54) is 8.61 Å². The lowest BCUT2D eigenvalue weighted by Crippen LogP contribution is -2.46. The van der Waals surface area contributed by atoms with E-state index in [2.05, 4.69) is 0 Å². The van der Waals surface area contributed by atoms with Gasteiger partial charge < -0.3 is 0 Å². The van der Waals surface area contributed by atoms with Crippen LogP contribution in [0, 0.1) is 11.3 Å². The van der Waals surface area contributed by atoms with Crippen molar-refractivity contribution in [2.75, 3.05) is 26.2 Å². The molecule has 0 unspecified atom stereocenters. The topological polar surface area (TPSA) is 64.4 Å². The smallest absolute Gasteiger partial charge is 0.197 e. The third-order valence-corrected chi connectivity index (χ3v) is 4.67.